The van der Waals surface area contributed by atoms with Crippen LogP contribution < -0.4 is 5.73 Å². The molecule has 0 heterocycles. The summed E-state index contributed by atoms with van der Waals surface area (Å²) in [7, 11) is 0. The summed E-state index contributed by atoms with van der Waals surface area (Å²) in [6.07, 6.45) is 1.76. The van der Waals surface area contributed by atoms with E-state index in [1.165, 1.54) is 18.2 Å². The van der Waals surface area contributed by atoms with E-state index in [1.54, 1.807) is 0 Å². The molecule has 0 aliphatic heterocycles. The molecule has 0 radical (unpaired) electrons. The van der Waals surface area contributed by atoms with Crippen LogP contribution in [0.15, 0.2) is 18.2 Å². The summed E-state index contributed by atoms with van der Waals surface area (Å²) in [6, 6.07) is 4.11. The number of carbonyl (C=O) groups is 1. The van der Waals surface area contributed by atoms with Gasteiger partial charge in [0.1, 0.15) is 5.82 Å². The van der Waals surface area contributed by atoms with Crippen molar-refractivity contribution in [3.05, 3.63) is 29.6 Å². The maximum Gasteiger partial charge on any atom is 0.168 e. The van der Waals surface area contributed by atoms with E-state index in [0.717, 1.165) is 12.8 Å². The molecule has 2 N–H and O–H groups in total. The van der Waals surface area contributed by atoms with Crippen molar-refractivity contribution in [2.75, 3.05) is 5.73 Å². The number of hydrogen-bond donors (Lipinski definition) is 1. The van der Waals surface area contributed by atoms with E-state index in [-0.39, 0.29) is 17.3 Å². The Morgan fingerprint density at radius 2 is 2.15 bits per heavy atom. The summed E-state index contributed by atoms with van der Waals surface area (Å²) in [5.74, 6) is -0.535. The Labute approximate surface area is 75.6 Å². The van der Waals surface area contributed by atoms with Crippen LogP contribution in [0.3, 0.4) is 0 Å². The van der Waals surface area contributed by atoms with Crippen molar-refractivity contribution in [2.24, 2.45) is 5.92 Å². The molecule has 13 heavy (non-hydrogen) atoms. The fraction of sp³-hybridized carbons (Fsp3) is 0.300. The molecule has 1 saturated carbocycles. The predicted octanol–water partition coefficient (Wildman–Crippen LogP) is 2.00. The first-order valence-electron chi connectivity index (χ1n) is 4.27. The van der Waals surface area contributed by atoms with Crippen molar-refractivity contribution >= 4 is 11.5 Å². The molecule has 1 aromatic carbocycles. The molecule has 0 spiro atoms. The number of halogens is 1. The molecule has 0 atom stereocenters. The number of Topliss-reactive ketones (excluding diaryl/α,β-unsaturated/α-hetero) is 1. The van der Waals surface area contributed by atoms with Gasteiger partial charge in [-0.15, -0.1) is 0 Å². The van der Waals surface area contributed by atoms with Gasteiger partial charge in [0.25, 0.3) is 0 Å². The number of rotatable bonds is 2. The van der Waals surface area contributed by atoms with E-state index in [2.05, 4.69) is 0 Å². The minimum absolute atomic E-state index is 0.0382. The topological polar surface area (TPSA) is 43.1 Å². The SMILES string of the molecule is Nc1ccc(F)c(C(=O)C2CC2)c1. The van der Waals surface area contributed by atoms with E-state index in [4.69, 9.17) is 5.73 Å². The summed E-state index contributed by atoms with van der Waals surface area (Å²) in [6.45, 7) is 0. The van der Waals surface area contributed by atoms with Crippen LogP contribution in [0, 0.1) is 11.7 Å². The van der Waals surface area contributed by atoms with E-state index in [0.29, 0.717) is 5.69 Å². The summed E-state index contributed by atoms with van der Waals surface area (Å²) in [5, 5.41) is 0. The number of carbonyl (C=O) groups excluding carboxylic acids is 1. The van der Waals surface area contributed by atoms with Crippen molar-refractivity contribution in [3.8, 4) is 0 Å². The van der Waals surface area contributed by atoms with Crippen molar-refractivity contribution < 1.29 is 9.18 Å². The Morgan fingerprint density at radius 1 is 1.46 bits per heavy atom. The molecule has 3 heteroatoms. The highest BCUT2D eigenvalue weighted by atomic mass is 19.1. The number of hydrogen-bond acceptors (Lipinski definition) is 2. The van der Waals surface area contributed by atoms with E-state index < -0.39 is 5.82 Å². The lowest BCUT2D eigenvalue weighted by Crippen LogP contribution is -2.05. The van der Waals surface area contributed by atoms with Gasteiger partial charge in [-0.05, 0) is 31.0 Å². The van der Waals surface area contributed by atoms with Gasteiger partial charge in [-0.2, -0.15) is 0 Å². The van der Waals surface area contributed by atoms with E-state index in [1.807, 2.05) is 0 Å². The van der Waals surface area contributed by atoms with Crippen LogP contribution in [0.2, 0.25) is 0 Å². The maximum absolute atomic E-state index is 13.1. The molecule has 0 amide bonds. The number of benzene rings is 1. The van der Waals surface area contributed by atoms with Crippen LogP contribution in [-0.4, -0.2) is 5.78 Å². The number of ketones is 1. The molecule has 1 fully saturated rings. The van der Waals surface area contributed by atoms with Crippen LogP contribution in [0.4, 0.5) is 10.1 Å². The number of nitrogen functional groups attached to an aromatic ring is 1. The first-order chi connectivity index (χ1) is 6.18. The molecule has 1 aromatic rings. The van der Waals surface area contributed by atoms with Gasteiger partial charge < -0.3 is 5.73 Å². The molecular weight excluding hydrogens is 169 g/mol. The first kappa shape index (κ1) is 8.23. The van der Waals surface area contributed by atoms with Gasteiger partial charge in [-0.3, -0.25) is 4.79 Å². The zero-order valence-corrected chi connectivity index (χ0v) is 7.09. The molecule has 1 aliphatic carbocycles. The van der Waals surface area contributed by atoms with Crippen molar-refractivity contribution in [3.63, 3.8) is 0 Å². The smallest absolute Gasteiger partial charge is 0.168 e. The summed E-state index contributed by atoms with van der Waals surface area (Å²) in [4.78, 5) is 11.5. The van der Waals surface area contributed by atoms with Crippen LogP contribution in [0.5, 0.6) is 0 Å². The zero-order chi connectivity index (χ0) is 9.42. The van der Waals surface area contributed by atoms with Gasteiger partial charge in [0.15, 0.2) is 5.78 Å². The van der Waals surface area contributed by atoms with Gasteiger partial charge in [0, 0.05) is 11.6 Å². The molecule has 0 bridgehead atoms. The van der Waals surface area contributed by atoms with Gasteiger partial charge in [-0.1, -0.05) is 0 Å². The Balaban J connectivity index is 2.37. The summed E-state index contributed by atoms with van der Waals surface area (Å²) >= 11 is 0. The highest BCUT2D eigenvalue weighted by Crippen LogP contribution is 2.33. The molecular formula is C10H10FNO. The average Bonchev–Trinajstić information content (AvgIpc) is 2.91. The van der Waals surface area contributed by atoms with Crippen molar-refractivity contribution in [2.45, 2.75) is 12.8 Å². The van der Waals surface area contributed by atoms with Crippen LogP contribution in [-0.2, 0) is 0 Å². The van der Waals surface area contributed by atoms with E-state index >= 15 is 0 Å². The summed E-state index contributed by atoms with van der Waals surface area (Å²) in [5.41, 5.74) is 6.04. The lowest BCUT2D eigenvalue weighted by molar-refractivity contribution is 0.0963. The molecule has 0 unspecified atom stereocenters. The molecule has 1 aliphatic rings. The Hall–Kier alpha value is -1.38. The second-order valence-electron chi connectivity index (χ2n) is 3.38. The maximum atomic E-state index is 13.1. The minimum Gasteiger partial charge on any atom is -0.399 e. The van der Waals surface area contributed by atoms with Crippen molar-refractivity contribution in [1.29, 1.82) is 0 Å². The van der Waals surface area contributed by atoms with Crippen molar-refractivity contribution in [1.82, 2.24) is 0 Å². The van der Waals surface area contributed by atoms with Gasteiger partial charge in [0.2, 0.25) is 0 Å². The number of nitrogens with two attached hydrogens (primary N) is 1. The molecule has 2 rings (SSSR count). The highest BCUT2D eigenvalue weighted by Gasteiger charge is 2.31. The fourth-order valence-electron chi connectivity index (χ4n) is 1.30. The third-order valence-corrected chi connectivity index (χ3v) is 2.20. The standard InChI is InChI=1S/C10H10FNO/c11-9-4-3-7(12)5-8(9)10(13)6-1-2-6/h3-6H,1-2,12H2. The molecule has 0 saturated heterocycles. The molecule has 2 nitrogen and oxygen atoms in total. The average molecular weight is 179 g/mol. The predicted molar refractivity (Wildman–Crippen MR) is 47.9 cm³/mol. The van der Waals surface area contributed by atoms with Gasteiger partial charge >= 0.3 is 0 Å². The largest absolute Gasteiger partial charge is 0.399 e. The normalized spacial score (nSPS) is 15.8. The first-order valence-corrected chi connectivity index (χ1v) is 4.27. The van der Waals surface area contributed by atoms with Crippen LogP contribution >= 0.6 is 0 Å². The monoisotopic (exact) mass is 179 g/mol. The lowest BCUT2D eigenvalue weighted by Gasteiger charge is -2.01. The van der Waals surface area contributed by atoms with Crippen LogP contribution in [0.25, 0.3) is 0 Å². The Bertz CT molecular complexity index is 358. The van der Waals surface area contributed by atoms with Crippen LogP contribution in [0.1, 0.15) is 23.2 Å². The Morgan fingerprint density at radius 3 is 2.77 bits per heavy atom. The zero-order valence-electron chi connectivity index (χ0n) is 7.09. The lowest BCUT2D eigenvalue weighted by atomic mass is 10.1. The second kappa shape index (κ2) is 2.83. The highest BCUT2D eigenvalue weighted by molar-refractivity contribution is 6.00. The van der Waals surface area contributed by atoms with Gasteiger partial charge in [0.05, 0.1) is 5.56 Å². The fourth-order valence-corrected chi connectivity index (χ4v) is 1.30. The van der Waals surface area contributed by atoms with Gasteiger partial charge in [-0.25, -0.2) is 4.39 Å². The second-order valence-corrected chi connectivity index (χ2v) is 3.38. The third-order valence-electron chi connectivity index (χ3n) is 2.20. The molecule has 68 valence electrons. The number of anilines is 1. The minimum atomic E-state index is -0.467. The third kappa shape index (κ3) is 1.54. The molecule has 0 aromatic heterocycles. The Kier molecular flexibility index (Phi) is 1.79. The quantitative estimate of drug-likeness (QED) is 0.557. The summed E-state index contributed by atoms with van der Waals surface area (Å²) < 4.78 is 13.1. The van der Waals surface area contributed by atoms with E-state index in [9.17, 15) is 9.18 Å².